The van der Waals surface area contributed by atoms with Crippen LogP contribution in [0.2, 0.25) is 0 Å². The Hall–Kier alpha value is -2.82. The van der Waals surface area contributed by atoms with E-state index >= 15 is 0 Å². The minimum absolute atomic E-state index is 0.0100. The number of hydrogen-bond acceptors (Lipinski definition) is 3. The number of amides is 2. The van der Waals surface area contributed by atoms with Gasteiger partial charge in [0.05, 0.1) is 0 Å². The van der Waals surface area contributed by atoms with Crippen molar-refractivity contribution in [3.8, 4) is 5.75 Å². The first-order valence-electron chi connectivity index (χ1n) is 10.7. The Kier molecular flexibility index (Phi) is 8.90. The van der Waals surface area contributed by atoms with Crippen LogP contribution in [-0.4, -0.2) is 35.4 Å². The van der Waals surface area contributed by atoms with E-state index in [4.69, 9.17) is 4.74 Å². The molecule has 0 bridgehead atoms. The summed E-state index contributed by atoms with van der Waals surface area (Å²) in [6.07, 6.45) is 1.48. The molecule has 162 valence electrons. The molecule has 0 spiro atoms. The van der Waals surface area contributed by atoms with E-state index in [0.29, 0.717) is 18.7 Å². The third-order valence-electron chi connectivity index (χ3n) is 4.95. The fraction of sp³-hybridized carbons (Fsp3) is 0.440. The molecule has 0 aromatic heterocycles. The van der Waals surface area contributed by atoms with Gasteiger partial charge < -0.3 is 15.0 Å². The van der Waals surface area contributed by atoms with E-state index in [-0.39, 0.29) is 24.5 Å². The van der Waals surface area contributed by atoms with Crippen LogP contribution in [0, 0.1) is 6.92 Å². The van der Waals surface area contributed by atoms with Crippen molar-refractivity contribution >= 4 is 11.8 Å². The third-order valence-corrected chi connectivity index (χ3v) is 4.95. The van der Waals surface area contributed by atoms with Crippen molar-refractivity contribution < 1.29 is 14.3 Å². The van der Waals surface area contributed by atoms with Gasteiger partial charge in [0.25, 0.3) is 5.91 Å². The van der Waals surface area contributed by atoms with Crippen LogP contribution in [0.25, 0.3) is 0 Å². The molecule has 2 aromatic carbocycles. The van der Waals surface area contributed by atoms with E-state index < -0.39 is 6.04 Å². The molecule has 0 saturated carbocycles. The highest BCUT2D eigenvalue weighted by Crippen LogP contribution is 2.16. The van der Waals surface area contributed by atoms with Crippen LogP contribution in [0.5, 0.6) is 5.75 Å². The van der Waals surface area contributed by atoms with Gasteiger partial charge in [-0.15, -0.1) is 0 Å². The quantitative estimate of drug-likeness (QED) is 0.636. The first kappa shape index (κ1) is 23.5. The summed E-state index contributed by atoms with van der Waals surface area (Å²) >= 11 is 0. The van der Waals surface area contributed by atoms with Crippen LogP contribution in [-0.2, 0) is 22.6 Å². The number of carbonyl (C=O) groups excluding carboxylic acids is 2. The highest BCUT2D eigenvalue weighted by atomic mass is 16.5. The molecule has 1 atom stereocenters. The summed E-state index contributed by atoms with van der Waals surface area (Å²) in [5.74, 6) is 0.304. The van der Waals surface area contributed by atoms with Crippen molar-refractivity contribution in [2.24, 2.45) is 0 Å². The molecule has 0 fully saturated rings. The van der Waals surface area contributed by atoms with Gasteiger partial charge in [-0.2, -0.15) is 0 Å². The maximum absolute atomic E-state index is 13.1. The molecular formula is C25H34N2O3. The Morgan fingerprint density at radius 3 is 2.30 bits per heavy atom. The Morgan fingerprint density at radius 2 is 1.73 bits per heavy atom. The molecule has 30 heavy (non-hydrogen) atoms. The van der Waals surface area contributed by atoms with Crippen LogP contribution in [0.3, 0.4) is 0 Å². The standard InChI is InChI=1S/C25H34N2O3/c1-6-20-11-13-22(14-12-20)30-17-24(28)27(16-21-10-8-9-19(5)15-21)23(7-2)25(29)26-18(3)4/h8-15,18,23H,6-7,16-17H2,1-5H3,(H,26,29). The second-order valence-corrected chi connectivity index (χ2v) is 7.88. The van der Waals surface area contributed by atoms with Gasteiger partial charge in [0.2, 0.25) is 5.91 Å². The summed E-state index contributed by atoms with van der Waals surface area (Å²) in [4.78, 5) is 27.6. The zero-order valence-electron chi connectivity index (χ0n) is 18.8. The lowest BCUT2D eigenvalue weighted by Crippen LogP contribution is -2.51. The highest BCUT2D eigenvalue weighted by Gasteiger charge is 2.29. The molecule has 1 unspecified atom stereocenters. The molecule has 2 aromatic rings. The predicted octanol–water partition coefficient (Wildman–Crippen LogP) is 4.27. The minimum Gasteiger partial charge on any atom is -0.484 e. The number of benzene rings is 2. The largest absolute Gasteiger partial charge is 0.484 e. The zero-order valence-corrected chi connectivity index (χ0v) is 18.8. The predicted molar refractivity (Wildman–Crippen MR) is 120 cm³/mol. The topological polar surface area (TPSA) is 58.6 Å². The molecule has 2 rings (SSSR count). The van der Waals surface area contributed by atoms with Crippen molar-refractivity contribution in [1.82, 2.24) is 10.2 Å². The highest BCUT2D eigenvalue weighted by molar-refractivity contribution is 5.88. The molecule has 5 heteroatoms. The fourth-order valence-electron chi connectivity index (χ4n) is 3.36. The van der Waals surface area contributed by atoms with Crippen molar-refractivity contribution in [3.05, 3.63) is 65.2 Å². The van der Waals surface area contributed by atoms with E-state index in [1.807, 2.05) is 76.2 Å². The second-order valence-electron chi connectivity index (χ2n) is 7.88. The molecule has 0 heterocycles. The van der Waals surface area contributed by atoms with Gasteiger partial charge in [-0.25, -0.2) is 0 Å². The molecule has 2 amide bonds. The Bertz CT molecular complexity index is 831. The summed E-state index contributed by atoms with van der Waals surface area (Å²) in [5.41, 5.74) is 3.32. The molecule has 0 aliphatic carbocycles. The number of nitrogens with zero attached hydrogens (tertiary/aromatic N) is 1. The Labute approximate surface area is 180 Å². The molecule has 5 nitrogen and oxygen atoms in total. The van der Waals surface area contributed by atoms with Crippen LogP contribution in [0.1, 0.15) is 50.8 Å². The Balaban J connectivity index is 2.18. The maximum atomic E-state index is 13.1. The molecule has 0 saturated heterocycles. The van der Waals surface area contributed by atoms with E-state index in [9.17, 15) is 9.59 Å². The van der Waals surface area contributed by atoms with E-state index in [2.05, 4.69) is 12.2 Å². The number of carbonyl (C=O) groups is 2. The zero-order chi connectivity index (χ0) is 22.1. The van der Waals surface area contributed by atoms with Crippen molar-refractivity contribution in [2.45, 2.75) is 66.1 Å². The van der Waals surface area contributed by atoms with Gasteiger partial charge in [0.1, 0.15) is 11.8 Å². The number of nitrogens with one attached hydrogen (secondary N) is 1. The molecule has 1 N–H and O–H groups in total. The van der Waals surface area contributed by atoms with Gasteiger partial charge in [0, 0.05) is 12.6 Å². The van der Waals surface area contributed by atoms with Crippen LogP contribution in [0.4, 0.5) is 0 Å². The van der Waals surface area contributed by atoms with E-state index in [1.54, 1.807) is 4.90 Å². The first-order valence-corrected chi connectivity index (χ1v) is 10.7. The maximum Gasteiger partial charge on any atom is 0.261 e. The van der Waals surface area contributed by atoms with E-state index in [0.717, 1.165) is 17.5 Å². The number of hydrogen-bond donors (Lipinski definition) is 1. The lowest BCUT2D eigenvalue weighted by molar-refractivity contribution is -0.143. The smallest absolute Gasteiger partial charge is 0.261 e. The molecule has 0 aliphatic rings. The average Bonchev–Trinajstić information content (AvgIpc) is 2.71. The Morgan fingerprint density at radius 1 is 1.03 bits per heavy atom. The lowest BCUT2D eigenvalue weighted by atomic mass is 10.1. The van der Waals surface area contributed by atoms with Gasteiger partial charge in [0.15, 0.2) is 6.61 Å². The average molecular weight is 411 g/mol. The van der Waals surface area contributed by atoms with Gasteiger partial charge in [-0.05, 0) is 56.9 Å². The third kappa shape index (κ3) is 6.90. The summed E-state index contributed by atoms with van der Waals surface area (Å²) in [7, 11) is 0. The fourth-order valence-corrected chi connectivity index (χ4v) is 3.36. The van der Waals surface area contributed by atoms with Crippen molar-refractivity contribution in [3.63, 3.8) is 0 Å². The first-order chi connectivity index (χ1) is 14.3. The lowest BCUT2D eigenvalue weighted by Gasteiger charge is -2.31. The summed E-state index contributed by atoms with van der Waals surface area (Å²) in [6.45, 7) is 10.1. The summed E-state index contributed by atoms with van der Waals surface area (Å²) in [6, 6.07) is 15.2. The number of ether oxygens (including phenoxy) is 1. The minimum atomic E-state index is -0.550. The molecular weight excluding hydrogens is 376 g/mol. The molecule has 0 radical (unpaired) electrons. The van der Waals surface area contributed by atoms with Crippen LogP contribution in [0.15, 0.2) is 48.5 Å². The normalized spacial score (nSPS) is 11.8. The van der Waals surface area contributed by atoms with Crippen LogP contribution < -0.4 is 10.1 Å². The number of aryl methyl sites for hydroxylation is 2. The second kappa shape index (κ2) is 11.4. The van der Waals surface area contributed by atoms with Gasteiger partial charge in [-0.3, -0.25) is 9.59 Å². The van der Waals surface area contributed by atoms with Gasteiger partial charge >= 0.3 is 0 Å². The molecule has 0 aliphatic heterocycles. The van der Waals surface area contributed by atoms with E-state index in [1.165, 1.54) is 5.56 Å². The monoisotopic (exact) mass is 410 g/mol. The van der Waals surface area contributed by atoms with Crippen molar-refractivity contribution in [2.75, 3.05) is 6.61 Å². The van der Waals surface area contributed by atoms with Crippen LogP contribution >= 0.6 is 0 Å². The summed E-state index contributed by atoms with van der Waals surface area (Å²) in [5, 5.41) is 2.94. The number of rotatable bonds is 10. The SMILES string of the molecule is CCc1ccc(OCC(=O)N(Cc2cccc(C)c2)C(CC)C(=O)NC(C)C)cc1. The van der Waals surface area contributed by atoms with Gasteiger partial charge in [-0.1, -0.05) is 55.8 Å². The summed E-state index contributed by atoms with van der Waals surface area (Å²) < 4.78 is 5.74. The van der Waals surface area contributed by atoms with Crippen molar-refractivity contribution in [1.29, 1.82) is 0 Å².